The summed E-state index contributed by atoms with van der Waals surface area (Å²) in [5.74, 6) is -10.4. The van der Waals surface area contributed by atoms with Crippen LogP contribution >= 0.6 is 11.6 Å². The van der Waals surface area contributed by atoms with Crippen molar-refractivity contribution in [2.75, 3.05) is 0 Å². The Morgan fingerprint density at radius 3 is 2.24 bits per heavy atom. The van der Waals surface area contributed by atoms with Gasteiger partial charge in [-0.3, -0.25) is 24.5 Å². The monoisotopic (exact) mass is 521 g/mol. The largest absolute Gasteiger partial charge is 0.358 e. The van der Waals surface area contributed by atoms with Crippen molar-refractivity contribution in [3.05, 3.63) is 69.7 Å². The van der Waals surface area contributed by atoms with Crippen LogP contribution in [0.25, 0.3) is 0 Å². The maximum atomic E-state index is 14.7. The summed E-state index contributed by atoms with van der Waals surface area (Å²) in [6.07, 6.45) is 0. The predicted octanol–water partition coefficient (Wildman–Crippen LogP) is -0.417. The highest BCUT2D eigenvalue weighted by molar-refractivity contribution is 6.57. The first-order valence-corrected chi connectivity index (χ1v) is 11.3. The SMILES string of the molecule is [B]C1C(=O)NC(=O)[C@]([B])(N2Cc3cc(C([B])([B])NC(=O)C(F)(F)c4ccc(Cl)cc4)ccc3C2=O)C1([B])[B]. The number of piperidine rings is 1. The summed E-state index contributed by atoms with van der Waals surface area (Å²) in [7, 11) is 35.9. The Balaban J connectivity index is 1.61. The summed E-state index contributed by atoms with van der Waals surface area (Å²) in [4.78, 5) is 51.1. The van der Waals surface area contributed by atoms with Gasteiger partial charge in [0.05, 0.1) is 44.7 Å². The van der Waals surface area contributed by atoms with E-state index in [9.17, 15) is 28.0 Å². The number of fused-ring (bicyclic) bond motifs is 1. The van der Waals surface area contributed by atoms with E-state index < -0.39 is 56.9 Å². The van der Waals surface area contributed by atoms with E-state index in [1.807, 2.05) is 10.6 Å². The van der Waals surface area contributed by atoms with E-state index in [2.05, 4.69) is 0 Å². The van der Waals surface area contributed by atoms with Crippen LogP contribution in [0.5, 0.6) is 0 Å². The van der Waals surface area contributed by atoms with Crippen LogP contribution in [0.3, 0.4) is 0 Å². The number of nitrogens with zero attached hydrogens (tertiary/aromatic N) is 1. The van der Waals surface area contributed by atoms with Crippen LogP contribution in [0.4, 0.5) is 8.78 Å². The minimum atomic E-state index is -4.01. The quantitative estimate of drug-likeness (QED) is 0.414. The summed E-state index contributed by atoms with van der Waals surface area (Å²) in [5.41, 5.74) is -2.93. The van der Waals surface area contributed by atoms with Gasteiger partial charge >= 0.3 is 5.92 Å². The van der Waals surface area contributed by atoms with E-state index in [0.29, 0.717) is 0 Å². The molecule has 2 aromatic rings. The van der Waals surface area contributed by atoms with Crippen LogP contribution in [0.2, 0.25) is 16.1 Å². The number of carbonyl (C=O) groups is 4. The Bertz CT molecular complexity index is 1380. The van der Waals surface area contributed by atoms with Gasteiger partial charge in [0.2, 0.25) is 11.8 Å². The van der Waals surface area contributed by atoms with Gasteiger partial charge < -0.3 is 10.2 Å². The third-order valence-electron chi connectivity index (χ3n) is 6.67. The van der Waals surface area contributed by atoms with E-state index in [1.165, 1.54) is 30.3 Å². The third kappa shape index (κ3) is 4.19. The maximum Gasteiger partial charge on any atom is 0.349 e. The molecule has 2 aliphatic rings. The van der Waals surface area contributed by atoms with Crippen molar-refractivity contribution in [3.63, 3.8) is 0 Å². The molecule has 2 aromatic carbocycles. The molecule has 0 bridgehead atoms. The highest BCUT2D eigenvalue weighted by Crippen LogP contribution is 2.49. The lowest BCUT2D eigenvalue weighted by Gasteiger charge is -2.55. The molecular weight excluding hydrogens is 509 g/mol. The number of carbonyl (C=O) groups excluding carboxylic acids is 4. The van der Waals surface area contributed by atoms with Crippen molar-refractivity contribution < 1.29 is 28.0 Å². The summed E-state index contributed by atoms with van der Waals surface area (Å²) in [6, 6.07) is 8.06. The Morgan fingerprint density at radius 1 is 1.05 bits per heavy atom. The van der Waals surface area contributed by atoms with Gasteiger partial charge in [-0.25, -0.2) is 0 Å². The highest BCUT2D eigenvalue weighted by Gasteiger charge is 2.59. The predicted molar refractivity (Wildman–Crippen MR) is 138 cm³/mol. The van der Waals surface area contributed by atoms with Crippen LogP contribution < -0.4 is 10.6 Å². The van der Waals surface area contributed by atoms with Crippen LogP contribution in [-0.2, 0) is 32.2 Å². The van der Waals surface area contributed by atoms with Crippen molar-refractivity contribution >= 4 is 82.3 Å². The molecule has 0 aromatic heterocycles. The van der Waals surface area contributed by atoms with Crippen molar-refractivity contribution in [1.29, 1.82) is 0 Å². The lowest BCUT2D eigenvalue weighted by molar-refractivity contribution is -0.147. The third-order valence-corrected chi connectivity index (χ3v) is 6.92. The lowest BCUT2D eigenvalue weighted by atomic mass is 9.31. The Labute approximate surface area is 229 Å². The van der Waals surface area contributed by atoms with Gasteiger partial charge in [0, 0.05) is 22.7 Å². The second kappa shape index (κ2) is 9.07. The zero-order chi connectivity index (χ0) is 28.4. The normalized spacial score (nSPS) is 23.1. The van der Waals surface area contributed by atoms with Gasteiger partial charge in [0.15, 0.2) is 0 Å². The average molecular weight is 521 g/mol. The first kappa shape index (κ1) is 28.1. The van der Waals surface area contributed by atoms with E-state index in [0.717, 1.165) is 17.0 Å². The molecule has 4 rings (SSSR count). The molecule has 0 aliphatic carbocycles. The average Bonchev–Trinajstić information content (AvgIpc) is 3.18. The molecule has 178 valence electrons. The van der Waals surface area contributed by atoms with Crippen molar-refractivity contribution in [2.24, 2.45) is 0 Å². The molecule has 1 saturated heterocycles. The first-order valence-electron chi connectivity index (χ1n) is 10.9. The summed E-state index contributed by atoms with van der Waals surface area (Å²) < 4.78 is 29.5. The minimum absolute atomic E-state index is 0.0290. The molecule has 38 heavy (non-hydrogen) atoms. The molecule has 1 unspecified atom stereocenters. The van der Waals surface area contributed by atoms with E-state index in [1.54, 1.807) is 0 Å². The minimum Gasteiger partial charge on any atom is -0.358 e. The molecule has 12 radical (unpaired) electrons. The van der Waals surface area contributed by atoms with Crippen molar-refractivity contribution in [3.8, 4) is 0 Å². The summed E-state index contributed by atoms with van der Waals surface area (Å²) >= 11 is 5.71. The maximum absolute atomic E-state index is 14.7. The van der Waals surface area contributed by atoms with Gasteiger partial charge in [-0.05, 0) is 40.5 Å². The van der Waals surface area contributed by atoms with Gasteiger partial charge in [-0.15, -0.1) is 0 Å². The smallest absolute Gasteiger partial charge is 0.349 e. The second-order valence-corrected chi connectivity index (χ2v) is 9.60. The Kier molecular flexibility index (Phi) is 6.70. The molecule has 0 saturated carbocycles. The van der Waals surface area contributed by atoms with Crippen LogP contribution in [0.1, 0.15) is 27.0 Å². The number of hydrogen-bond acceptors (Lipinski definition) is 4. The number of rotatable bonds is 5. The number of imide groups is 1. The molecule has 2 atom stereocenters. The van der Waals surface area contributed by atoms with Crippen LogP contribution in [-0.4, -0.2) is 81.0 Å². The zero-order valence-corrected chi connectivity index (χ0v) is 20.3. The molecule has 16 heteroatoms. The first-order chi connectivity index (χ1) is 17.4. The molecule has 4 amide bonds. The molecule has 2 aliphatic heterocycles. The number of hydrogen-bond donors (Lipinski definition) is 2. The van der Waals surface area contributed by atoms with Gasteiger partial charge in [0.25, 0.3) is 11.8 Å². The summed E-state index contributed by atoms with van der Waals surface area (Å²) in [6.45, 7) is -0.367. The number of alkyl halides is 2. The van der Waals surface area contributed by atoms with E-state index in [4.69, 9.17) is 58.7 Å². The van der Waals surface area contributed by atoms with E-state index >= 15 is 0 Å². The standard InChI is InChI=1S/C22H12B6ClF2N3O4/c23-14-15(35)32-18(38)21(26,20(14,24)25)34-8-9-7-11(3-6-13(9)16(34)36)22(27,28)33-17(37)19(30,31)10-1-4-12(29)5-2-10/h1-7,14H,8H2,(H,33,37)(H,32,35,38)/t14?,21-/m0/s1. The number of halogens is 3. The van der Waals surface area contributed by atoms with Gasteiger partial charge in [-0.1, -0.05) is 41.1 Å². The van der Waals surface area contributed by atoms with Gasteiger partial charge in [-0.2, -0.15) is 8.78 Å². The Morgan fingerprint density at radius 2 is 1.63 bits per heavy atom. The fourth-order valence-corrected chi connectivity index (χ4v) is 4.41. The summed E-state index contributed by atoms with van der Waals surface area (Å²) in [5, 5.41) is -0.653. The number of benzene rings is 2. The highest BCUT2D eigenvalue weighted by atomic mass is 35.5. The molecule has 2 N–H and O–H groups in total. The fourth-order valence-electron chi connectivity index (χ4n) is 4.28. The van der Waals surface area contributed by atoms with Crippen LogP contribution in [0.15, 0.2) is 42.5 Å². The zero-order valence-electron chi connectivity index (χ0n) is 19.5. The number of nitrogens with one attached hydrogen (secondary N) is 2. The fraction of sp³-hybridized carbons (Fsp3) is 0.273. The van der Waals surface area contributed by atoms with Gasteiger partial charge in [0.1, 0.15) is 7.85 Å². The second-order valence-electron chi connectivity index (χ2n) is 9.16. The molecule has 2 heterocycles. The van der Waals surface area contributed by atoms with Crippen molar-refractivity contribution in [1.82, 2.24) is 15.5 Å². The molecule has 1 fully saturated rings. The lowest BCUT2D eigenvalue weighted by Crippen LogP contribution is -2.72. The Hall–Kier alpha value is -2.94. The van der Waals surface area contributed by atoms with E-state index in [-0.39, 0.29) is 28.3 Å². The molecule has 7 nitrogen and oxygen atoms in total. The topological polar surface area (TPSA) is 95.6 Å². The number of amides is 4. The van der Waals surface area contributed by atoms with Crippen molar-refractivity contribution in [2.45, 2.75) is 34.3 Å². The van der Waals surface area contributed by atoms with Crippen LogP contribution in [0, 0.1) is 0 Å². The molecule has 0 spiro atoms. The molecular formula is C22H12B6ClF2N3O4.